The van der Waals surface area contributed by atoms with Crippen LogP contribution >= 0.6 is 0 Å². The number of nitrogen functional groups attached to an aromatic ring is 1. The molecule has 0 radical (unpaired) electrons. The number of phenolic OH excluding ortho intramolecular Hbond substituents is 1. The minimum atomic E-state index is -0.465. The van der Waals surface area contributed by atoms with Gasteiger partial charge in [0.2, 0.25) is 11.8 Å². The number of pyridine rings is 1. The topological polar surface area (TPSA) is 142 Å². The number of amides is 2. The molecule has 0 aliphatic carbocycles. The Morgan fingerprint density at radius 3 is 2.64 bits per heavy atom. The monoisotopic (exact) mass is 590 g/mol. The van der Waals surface area contributed by atoms with E-state index in [9.17, 15) is 14.7 Å². The SMILES string of the molecule is Nc1nnc(-c2ccccc2O)cc1N1CCN(CCCc2cccc3c2c2cccnc2n3C2CCC(=O)NC2=O)CC1. The van der Waals surface area contributed by atoms with E-state index in [2.05, 4.69) is 42.4 Å². The van der Waals surface area contributed by atoms with Gasteiger partial charge in [0.25, 0.3) is 0 Å². The lowest BCUT2D eigenvalue weighted by atomic mass is 10.0. The molecule has 2 aromatic carbocycles. The Hall–Kier alpha value is -5.03. The number of hydrogen-bond acceptors (Lipinski definition) is 9. The van der Waals surface area contributed by atoms with Crippen LogP contribution in [0.1, 0.15) is 30.9 Å². The molecule has 4 N–H and O–H groups in total. The van der Waals surface area contributed by atoms with E-state index >= 15 is 0 Å². The maximum atomic E-state index is 12.8. The van der Waals surface area contributed by atoms with E-state index < -0.39 is 6.04 Å². The van der Waals surface area contributed by atoms with E-state index in [0.29, 0.717) is 29.9 Å². The van der Waals surface area contributed by atoms with Gasteiger partial charge in [-0.1, -0.05) is 24.3 Å². The molecule has 2 fully saturated rings. The van der Waals surface area contributed by atoms with E-state index in [4.69, 9.17) is 5.73 Å². The highest BCUT2D eigenvalue weighted by atomic mass is 16.3. The van der Waals surface area contributed by atoms with Crippen molar-refractivity contribution in [3.05, 3.63) is 72.4 Å². The molecule has 1 atom stereocenters. The minimum absolute atomic E-state index is 0.162. The Labute approximate surface area is 254 Å². The number of nitrogens with one attached hydrogen (secondary N) is 1. The van der Waals surface area contributed by atoms with Crippen LogP contribution in [0.25, 0.3) is 33.2 Å². The van der Waals surface area contributed by atoms with Gasteiger partial charge in [-0.15, -0.1) is 10.2 Å². The fraction of sp³-hybridized carbons (Fsp3) is 0.303. The van der Waals surface area contributed by atoms with Crippen molar-refractivity contribution >= 4 is 45.3 Å². The van der Waals surface area contributed by atoms with Crippen molar-refractivity contribution in [2.45, 2.75) is 31.7 Å². The van der Waals surface area contributed by atoms with Crippen LogP contribution in [0, 0.1) is 0 Å². The first-order valence-electron chi connectivity index (χ1n) is 15.1. The number of anilines is 2. The Bertz CT molecular complexity index is 1880. The minimum Gasteiger partial charge on any atom is -0.507 e. The smallest absolute Gasteiger partial charge is 0.249 e. The first-order chi connectivity index (χ1) is 21.5. The number of imide groups is 1. The number of fused-ring (bicyclic) bond motifs is 3. The summed E-state index contributed by atoms with van der Waals surface area (Å²) in [6.45, 7) is 4.39. The van der Waals surface area contributed by atoms with Gasteiger partial charge >= 0.3 is 0 Å². The number of aromatic hydroxyl groups is 1. The lowest BCUT2D eigenvalue weighted by molar-refractivity contribution is -0.135. The number of para-hydroxylation sites is 1. The molecular formula is C33H34N8O3. The summed E-state index contributed by atoms with van der Waals surface area (Å²) in [7, 11) is 0. The Morgan fingerprint density at radius 1 is 0.977 bits per heavy atom. The maximum Gasteiger partial charge on any atom is 0.249 e. The summed E-state index contributed by atoms with van der Waals surface area (Å²) in [6, 6.07) is 18.8. The third-order valence-electron chi connectivity index (χ3n) is 8.81. The molecule has 2 aliphatic heterocycles. The number of nitrogens with two attached hydrogens (primary N) is 1. The number of carbonyl (C=O) groups is 2. The molecule has 44 heavy (non-hydrogen) atoms. The van der Waals surface area contributed by atoms with E-state index in [1.165, 1.54) is 5.56 Å². The van der Waals surface area contributed by atoms with Crippen LogP contribution in [0.15, 0.2) is 66.9 Å². The standard InChI is InChI=1S/C33H34N8O3/c34-31-27(20-24(37-38-31)22-8-1-2-11-28(22)42)40-18-16-39(17-19-40)15-5-7-21-6-3-10-25-30(21)23-9-4-14-35-32(23)41(25)26-12-13-29(43)36-33(26)44/h1-4,6,8-11,14,20,26,42H,5,7,12-13,15-19H2,(H2,34,38)(H,36,43,44). The second kappa shape index (κ2) is 11.6. The molecule has 11 heteroatoms. The molecule has 2 saturated heterocycles. The van der Waals surface area contributed by atoms with Crippen molar-refractivity contribution in [2.24, 2.45) is 0 Å². The fourth-order valence-electron chi connectivity index (χ4n) is 6.62. The number of nitrogens with zero attached hydrogens (tertiary/aromatic N) is 6. The zero-order valence-electron chi connectivity index (χ0n) is 24.3. The van der Waals surface area contributed by atoms with Gasteiger partial charge in [0.15, 0.2) is 5.82 Å². The van der Waals surface area contributed by atoms with Crippen molar-refractivity contribution in [2.75, 3.05) is 43.4 Å². The number of rotatable bonds is 7. The van der Waals surface area contributed by atoms with E-state index in [1.54, 1.807) is 18.3 Å². The average Bonchev–Trinajstić information content (AvgIpc) is 3.37. The molecule has 1 unspecified atom stereocenters. The number of carbonyl (C=O) groups excluding carboxylic acids is 2. The lowest BCUT2D eigenvalue weighted by Gasteiger charge is -2.36. The van der Waals surface area contributed by atoms with Gasteiger partial charge < -0.3 is 20.3 Å². The van der Waals surface area contributed by atoms with Crippen molar-refractivity contribution < 1.29 is 14.7 Å². The zero-order chi connectivity index (χ0) is 30.2. The Balaban J connectivity index is 1.04. The summed E-state index contributed by atoms with van der Waals surface area (Å²) in [6.07, 6.45) is 4.42. The largest absolute Gasteiger partial charge is 0.507 e. The molecule has 0 saturated carbocycles. The van der Waals surface area contributed by atoms with Gasteiger partial charge in [-0.2, -0.15) is 0 Å². The first-order valence-corrected chi connectivity index (χ1v) is 15.1. The Kier molecular flexibility index (Phi) is 7.31. The van der Waals surface area contributed by atoms with Crippen LogP contribution in [0.3, 0.4) is 0 Å². The van der Waals surface area contributed by atoms with Crippen LogP contribution in [-0.2, 0) is 16.0 Å². The molecular weight excluding hydrogens is 556 g/mol. The molecule has 2 aliphatic rings. The van der Waals surface area contributed by atoms with Gasteiger partial charge in [-0.05, 0) is 67.8 Å². The summed E-state index contributed by atoms with van der Waals surface area (Å²) < 4.78 is 2.01. The fourth-order valence-corrected chi connectivity index (χ4v) is 6.62. The highest BCUT2D eigenvalue weighted by Crippen LogP contribution is 2.36. The predicted octanol–water partition coefficient (Wildman–Crippen LogP) is 3.67. The predicted molar refractivity (Wildman–Crippen MR) is 169 cm³/mol. The molecule has 5 heterocycles. The van der Waals surface area contributed by atoms with E-state index in [1.807, 2.05) is 41.0 Å². The van der Waals surface area contributed by atoms with Crippen LogP contribution in [0.2, 0.25) is 0 Å². The van der Waals surface area contributed by atoms with Gasteiger partial charge in [0.05, 0.1) is 16.9 Å². The van der Waals surface area contributed by atoms with Gasteiger partial charge in [-0.25, -0.2) is 4.98 Å². The number of piperidine rings is 1. The lowest BCUT2D eigenvalue weighted by Crippen LogP contribution is -2.47. The third kappa shape index (κ3) is 5.09. The van der Waals surface area contributed by atoms with E-state index in [0.717, 1.165) is 73.2 Å². The summed E-state index contributed by atoms with van der Waals surface area (Å²) >= 11 is 0. The Morgan fingerprint density at radius 2 is 1.82 bits per heavy atom. The molecule has 7 rings (SSSR count). The van der Waals surface area contributed by atoms with Crippen LogP contribution in [0.5, 0.6) is 5.75 Å². The number of phenols is 1. The van der Waals surface area contributed by atoms with Crippen molar-refractivity contribution in [3.8, 4) is 17.0 Å². The van der Waals surface area contributed by atoms with Crippen molar-refractivity contribution in [1.82, 2.24) is 30.0 Å². The quantitative estimate of drug-likeness (QED) is 0.242. The average molecular weight is 591 g/mol. The van der Waals surface area contributed by atoms with Crippen LogP contribution in [-0.4, -0.2) is 74.3 Å². The summed E-state index contributed by atoms with van der Waals surface area (Å²) in [5, 5.41) is 23.3. The number of piperazine rings is 1. The zero-order valence-corrected chi connectivity index (χ0v) is 24.3. The second-order valence-corrected chi connectivity index (χ2v) is 11.5. The normalized spacial score (nSPS) is 17.8. The van der Waals surface area contributed by atoms with Gasteiger partial charge in [0, 0.05) is 55.1 Å². The summed E-state index contributed by atoms with van der Waals surface area (Å²) in [4.78, 5) is 34.0. The molecule has 5 aromatic rings. The first kappa shape index (κ1) is 27.8. The molecule has 2 amide bonds. The summed E-state index contributed by atoms with van der Waals surface area (Å²) in [5.41, 5.74) is 11.3. The van der Waals surface area contributed by atoms with Crippen molar-refractivity contribution in [3.63, 3.8) is 0 Å². The third-order valence-corrected chi connectivity index (χ3v) is 8.81. The maximum absolute atomic E-state index is 12.8. The van der Waals surface area contributed by atoms with Crippen molar-refractivity contribution in [1.29, 1.82) is 0 Å². The highest BCUT2D eigenvalue weighted by molar-refractivity contribution is 6.10. The summed E-state index contributed by atoms with van der Waals surface area (Å²) in [5.74, 6) is 0.0557. The second-order valence-electron chi connectivity index (χ2n) is 11.5. The molecule has 0 spiro atoms. The number of hydrogen-bond donors (Lipinski definition) is 3. The van der Waals surface area contributed by atoms with Gasteiger partial charge in [-0.3, -0.25) is 19.8 Å². The highest BCUT2D eigenvalue weighted by Gasteiger charge is 2.31. The molecule has 0 bridgehead atoms. The number of aryl methyl sites for hydroxylation is 1. The molecule has 224 valence electrons. The van der Waals surface area contributed by atoms with E-state index in [-0.39, 0.29) is 17.6 Å². The van der Waals surface area contributed by atoms with Gasteiger partial charge in [0.1, 0.15) is 17.4 Å². The van der Waals surface area contributed by atoms with Crippen LogP contribution < -0.4 is 16.0 Å². The number of benzene rings is 2. The molecule has 3 aromatic heterocycles. The number of aromatic nitrogens is 4. The van der Waals surface area contributed by atoms with Crippen LogP contribution in [0.4, 0.5) is 11.5 Å². The molecule has 11 nitrogen and oxygen atoms in total.